The van der Waals surface area contributed by atoms with Crippen LogP contribution < -0.4 is 5.32 Å². The summed E-state index contributed by atoms with van der Waals surface area (Å²) in [5, 5.41) is 3.42. The molecule has 2 heterocycles. The van der Waals surface area contributed by atoms with Gasteiger partial charge in [0.2, 0.25) is 0 Å². The molecule has 2 aliphatic rings. The van der Waals surface area contributed by atoms with Crippen LogP contribution in [0.3, 0.4) is 0 Å². The van der Waals surface area contributed by atoms with E-state index in [1.807, 2.05) is 0 Å². The first-order valence-electron chi connectivity index (χ1n) is 6.79. The van der Waals surface area contributed by atoms with Crippen molar-refractivity contribution in [3.63, 3.8) is 0 Å². The van der Waals surface area contributed by atoms with Gasteiger partial charge in [-0.25, -0.2) is 0 Å². The molecule has 2 fully saturated rings. The second-order valence-electron chi connectivity index (χ2n) is 5.37. The van der Waals surface area contributed by atoms with E-state index in [-0.39, 0.29) is 0 Å². The fraction of sp³-hybridized carbons (Fsp3) is 0.600. The van der Waals surface area contributed by atoms with E-state index in [1.54, 1.807) is 0 Å². The van der Waals surface area contributed by atoms with Crippen molar-refractivity contribution in [3.05, 3.63) is 35.4 Å². The van der Waals surface area contributed by atoms with Crippen LogP contribution in [-0.2, 0) is 11.2 Å². The number of nitrogens with one attached hydrogen (secondary N) is 1. The molecule has 0 unspecified atom stereocenters. The zero-order valence-electron chi connectivity index (χ0n) is 10.3. The predicted molar refractivity (Wildman–Crippen MR) is 69.3 cm³/mol. The molecule has 0 aliphatic carbocycles. The van der Waals surface area contributed by atoms with Gasteiger partial charge in [-0.05, 0) is 49.4 Å². The molecule has 0 bridgehead atoms. The van der Waals surface area contributed by atoms with Gasteiger partial charge in [-0.3, -0.25) is 0 Å². The van der Waals surface area contributed by atoms with Gasteiger partial charge in [0.15, 0.2) is 0 Å². The summed E-state index contributed by atoms with van der Waals surface area (Å²) in [6, 6.07) is 9.31. The summed E-state index contributed by atoms with van der Waals surface area (Å²) in [5.41, 5.74) is 3.00. The fourth-order valence-corrected chi connectivity index (χ4v) is 2.82. The molecule has 2 saturated heterocycles. The number of hydrogen-bond acceptors (Lipinski definition) is 2. The maximum Gasteiger partial charge on any atom is 0.0519 e. The maximum absolute atomic E-state index is 5.22. The third-order valence-corrected chi connectivity index (χ3v) is 4.02. The molecule has 1 N–H and O–H groups in total. The molecule has 0 aromatic heterocycles. The normalized spacial score (nSPS) is 22.4. The largest absolute Gasteiger partial charge is 0.381 e. The average Bonchev–Trinajstić information content (AvgIpc) is 2.36. The Labute approximate surface area is 103 Å². The molecule has 3 rings (SSSR count). The molecule has 0 atom stereocenters. The van der Waals surface area contributed by atoms with Crippen molar-refractivity contribution in [2.24, 2.45) is 5.92 Å². The van der Waals surface area contributed by atoms with Crippen LogP contribution in [-0.4, -0.2) is 26.3 Å². The molecule has 1 aromatic rings. The first-order chi connectivity index (χ1) is 8.42. The third-order valence-electron chi connectivity index (χ3n) is 4.02. The third kappa shape index (κ3) is 2.70. The van der Waals surface area contributed by atoms with Crippen molar-refractivity contribution >= 4 is 0 Å². The lowest BCUT2D eigenvalue weighted by atomic mass is 9.89. The van der Waals surface area contributed by atoms with Crippen LogP contribution >= 0.6 is 0 Å². The molecule has 2 nitrogen and oxygen atoms in total. The second-order valence-corrected chi connectivity index (χ2v) is 5.37. The lowest BCUT2D eigenvalue weighted by Crippen LogP contribution is -2.29. The van der Waals surface area contributed by atoms with Crippen molar-refractivity contribution in [2.45, 2.75) is 25.2 Å². The van der Waals surface area contributed by atoms with Crippen LogP contribution in [0.2, 0.25) is 0 Å². The van der Waals surface area contributed by atoms with Gasteiger partial charge in [-0.2, -0.15) is 0 Å². The molecule has 2 heteroatoms. The number of benzene rings is 1. The summed E-state index contributed by atoms with van der Waals surface area (Å²) in [6.07, 6.45) is 3.76. The highest BCUT2D eigenvalue weighted by molar-refractivity contribution is 5.26. The zero-order valence-corrected chi connectivity index (χ0v) is 10.3. The number of ether oxygens (including phenoxy) is 1. The summed E-state index contributed by atoms with van der Waals surface area (Å²) in [7, 11) is 0. The van der Waals surface area contributed by atoms with E-state index in [2.05, 4.69) is 29.6 Å². The Morgan fingerprint density at radius 3 is 2.35 bits per heavy atom. The molecule has 0 spiro atoms. The molecule has 0 radical (unpaired) electrons. The van der Waals surface area contributed by atoms with E-state index in [0.717, 1.165) is 25.0 Å². The molecular weight excluding hydrogens is 210 g/mol. The number of rotatable bonds is 3. The highest BCUT2D eigenvalue weighted by atomic mass is 16.5. The lowest BCUT2D eigenvalue weighted by molar-refractivity contribution is -0.0312. The van der Waals surface area contributed by atoms with Crippen molar-refractivity contribution in [1.29, 1.82) is 0 Å². The second kappa shape index (κ2) is 5.19. The quantitative estimate of drug-likeness (QED) is 0.862. The van der Waals surface area contributed by atoms with Gasteiger partial charge in [-0.1, -0.05) is 24.3 Å². The van der Waals surface area contributed by atoms with Gasteiger partial charge < -0.3 is 10.1 Å². The van der Waals surface area contributed by atoms with Crippen molar-refractivity contribution < 1.29 is 4.74 Å². The van der Waals surface area contributed by atoms with Crippen LogP contribution in [0.5, 0.6) is 0 Å². The highest BCUT2D eigenvalue weighted by Crippen LogP contribution is 2.26. The predicted octanol–water partition coefficient (Wildman–Crippen LogP) is 2.34. The molecule has 92 valence electrons. The molecule has 17 heavy (non-hydrogen) atoms. The Balaban J connectivity index is 1.62. The van der Waals surface area contributed by atoms with E-state index >= 15 is 0 Å². The summed E-state index contributed by atoms with van der Waals surface area (Å²) >= 11 is 0. The average molecular weight is 231 g/mol. The Hall–Kier alpha value is -0.860. The Morgan fingerprint density at radius 1 is 1.06 bits per heavy atom. The van der Waals surface area contributed by atoms with Gasteiger partial charge in [-0.15, -0.1) is 0 Å². The summed E-state index contributed by atoms with van der Waals surface area (Å²) < 4.78 is 5.22. The number of piperidine rings is 1. The smallest absolute Gasteiger partial charge is 0.0519 e. The van der Waals surface area contributed by atoms with E-state index in [4.69, 9.17) is 4.74 Å². The van der Waals surface area contributed by atoms with Crippen molar-refractivity contribution in [2.75, 3.05) is 26.3 Å². The molecule has 1 aromatic carbocycles. The van der Waals surface area contributed by atoms with Gasteiger partial charge in [0.05, 0.1) is 13.2 Å². The van der Waals surface area contributed by atoms with Crippen molar-refractivity contribution in [3.8, 4) is 0 Å². The fourth-order valence-electron chi connectivity index (χ4n) is 2.82. The van der Waals surface area contributed by atoms with E-state index in [1.165, 1.54) is 43.5 Å². The minimum atomic E-state index is 0.764. The molecule has 0 amide bonds. The summed E-state index contributed by atoms with van der Waals surface area (Å²) in [4.78, 5) is 0. The molecular formula is C15H21NO. The van der Waals surface area contributed by atoms with E-state index in [0.29, 0.717) is 0 Å². The molecule has 2 aliphatic heterocycles. The highest BCUT2D eigenvalue weighted by Gasteiger charge is 2.19. The van der Waals surface area contributed by atoms with Crippen LogP contribution in [0.15, 0.2) is 24.3 Å². The van der Waals surface area contributed by atoms with E-state index < -0.39 is 0 Å². The maximum atomic E-state index is 5.22. The minimum Gasteiger partial charge on any atom is -0.381 e. The van der Waals surface area contributed by atoms with Gasteiger partial charge >= 0.3 is 0 Å². The van der Waals surface area contributed by atoms with Crippen LogP contribution in [0, 0.1) is 5.92 Å². The first kappa shape index (κ1) is 11.2. The Kier molecular flexibility index (Phi) is 3.44. The lowest BCUT2D eigenvalue weighted by Gasteiger charge is -2.26. The summed E-state index contributed by atoms with van der Waals surface area (Å²) in [5.74, 6) is 1.54. The van der Waals surface area contributed by atoms with Crippen LogP contribution in [0.1, 0.15) is 29.9 Å². The SMILES string of the molecule is c1cc(C2CCNCC2)ccc1CC1COC1. The van der Waals surface area contributed by atoms with Crippen LogP contribution in [0.25, 0.3) is 0 Å². The summed E-state index contributed by atoms with van der Waals surface area (Å²) in [6.45, 7) is 4.25. The number of hydrogen-bond donors (Lipinski definition) is 1. The topological polar surface area (TPSA) is 21.3 Å². The van der Waals surface area contributed by atoms with Gasteiger partial charge in [0.25, 0.3) is 0 Å². The first-order valence-corrected chi connectivity index (χ1v) is 6.79. The van der Waals surface area contributed by atoms with E-state index in [9.17, 15) is 0 Å². The van der Waals surface area contributed by atoms with Crippen LogP contribution in [0.4, 0.5) is 0 Å². The minimum absolute atomic E-state index is 0.764. The van der Waals surface area contributed by atoms with Gasteiger partial charge in [0.1, 0.15) is 0 Å². The monoisotopic (exact) mass is 231 g/mol. The standard InChI is InChI=1S/C15H21NO/c1-3-14(15-5-7-16-8-6-15)4-2-12(1)9-13-10-17-11-13/h1-4,13,15-16H,5-11H2. The molecule has 0 saturated carbocycles. The van der Waals surface area contributed by atoms with Gasteiger partial charge in [0, 0.05) is 5.92 Å². The van der Waals surface area contributed by atoms with Crippen molar-refractivity contribution in [1.82, 2.24) is 5.32 Å². The Bertz CT molecular complexity index is 350. The Morgan fingerprint density at radius 2 is 1.76 bits per heavy atom. The zero-order chi connectivity index (χ0) is 11.5.